The fraction of sp³-hybridized carbons (Fsp3) is 0.308. The summed E-state index contributed by atoms with van der Waals surface area (Å²) in [5.41, 5.74) is 1.18. The maximum Gasteiger partial charge on any atom is 0.242 e. The van der Waals surface area contributed by atoms with E-state index in [1.165, 1.54) is 6.07 Å². The van der Waals surface area contributed by atoms with Crippen molar-refractivity contribution < 1.29 is 14.0 Å². The van der Waals surface area contributed by atoms with E-state index >= 15 is 0 Å². The maximum absolute atomic E-state index is 14.4. The van der Waals surface area contributed by atoms with Crippen LogP contribution in [-0.4, -0.2) is 49.1 Å². The Hall–Kier alpha value is -4.41. The van der Waals surface area contributed by atoms with Crippen molar-refractivity contribution in [1.82, 2.24) is 30.0 Å². The molecule has 0 aliphatic carbocycles. The number of anilines is 2. The molecule has 0 saturated carbocycles. The highest BCUT2D eigenvalue weighted by molar-refractivity contribution is 6.07. The van der Waals surface area contributed by atoms with Gasteiger partial charge in [-0.25, -0.2) is 24.0 Å². The predicted molar refractivity (Wildman–Crippen MR) is 135 cm³/mol. The Labute approximate surface area is 211 Å². The van der Waals surface area contributed by atoms with Gasteiger partial charge in [0, 0.05) is 18.3 Å². The van der Waals surface area contributed by atoms with Crippen LogP contribution in [0.2, 0.25) is 0 Å². The first kappa shape index (κ1) is 23.0. The lowest BCUT2D eigenvalue weighted by Crippen LogP contribution is -2.45. The van der Waals surface area contributed by atoms with Gasteiger partial charge in [0.25, 0.3) is 0 Å². The quantitative estimate of drug-likeness (QED) is 0.385. The van der Waals surface area contributed by atoms with Gasteiger partial charge in [0.05, 0.1) is 22.9 Å². The number of fused-ring (bicyclic) bond motifs is 2. The zero-order valence-corrected chi connectivity index (χ0v) is 20.4. The molecule has 3 N–H and O–H groups in total. The van der Waals surface area contributed by atoms with Crippen molar-refractivity contribution in [3.8, 4) is 11.5 Å². The molecule has 0 bridgehead atoms. The number of hydrogen-bond donors (Lipinski definition) is 3. The van der Waals surface area contributed by atoms with Gasteiger partial charge in [0.15, 0.2) is 11.5 Å². The molecular weight excluding hydrogens is 475 g/mol. The summed E-state index contributed by atoms with van der Waals surface area (Å²) in [6.45, 7) is 4.40. The topological polar surface area (TPSA) is 127 Å². The number of nitrogens with zero attached hydrogens (tertiary/aromatic N) is 5. The second kappa shape index (κ2) is 8.61. The molecule has 2 aliphatic heterocycles. The molecule has 0 radical (unpaired) electrons. The van der Waals surface area contributed by atoms with Gasteiger partial charge in [-0.05, 0) is 44.9 Å². The summed E-state index contributed by atoms with van der Waals surface area (Å²) < 4.78 is 16.0. The molecular formula is C26H25FN8O2. The van der Waals surface area contributed by atoms with Crippen molar-refractivity contribution in [2.45, 2.75) is 44.7 Å². The number of carbonyl (C=O) groups is 2. The zero-order valence-electron chi connectivity index (χ0n) is 20.4. The number of rotatable bonds is 5. The summed E-state index contributed by atoms with van der Waals surface area (Å²) in [6, 6.07) is 9.66. The summed E-state index contributed by atoms with van der Waals surface area (Å²) >= 11 is 0. The Morgan fingerprint density at radius 1 is 1.16 bits per heavy atom. The van der Waals surface area contributed by atoms with Crippen molar-refractivity contribution in [3.63, 3.8) is 0 Å². The molecule has 3 aromatic heterocycles. The molecule has 5 heterocycles. The molecule has 1 saturated heterocycles. The Balaban J connectivity index is 1.49. The fourth-order valence-corrected chi connectivity index (χ4v) is 4.88. The number of nitrogens with one attached hydrogen (secondary N) is 3. The average molecular weight is 501 g/mol. The van der Waals surface area contributed by atoms with Gasteiger partial charge in [-0.15, -0.1) is 0 Å². The third kappa shape index (κ3) is 3.87. The highest BCUT2D eigenvalue weighted by Crippen LogP contribution is 2.42. The molecule has 2 aliphatic rings. The van der Waals surface area contributed by atoms with Crippen molar-refractivity contribution in [2.24, 2.45) is 0 Å². The number of amides is 2. The number of aromatic nitrogens is 5. The van der Waals surface area contributed by atoms with E-state index in [2.05, 4.69) is 25.9 Å². The van der Waals surface area contributed by atoms with E-state index in [4.69, 9.17) is 10.1 Å². The van der Waals surface area contributed by atoms with E-state index in [-0.39, 0.29) is 30.0 Å². The van der Waals surface area contributed by atoms with E-state index in [0.717, 1.165) is 6.42 Å². The van der Waals surface area contributed by atoms with Crippen LogP contribution < -0.4 is 16.0 Å². The minimum Gasteiger partial charge on any atom is -0.358 e. The Morgan fingerprint density at radius 3 is 2.81 bits per heavy atom. The molecule has 11 heteroatoms. The van der Waals surface area contributed by atoms with Crippen molar-refractivity contribution in [1.29, 1.82) is 0 Å². The third-order valence-corrected chi connectivity index (χ3v) is 6.93. The lowest BCUT2D eigenvalue weighted by Gasteiger charge is -2.26. The highest BCUT2D eigenvalue weighted by atomic mass is 19.1. The standard InChI is InChI=1S/C26H25FN8O2/c1-26(2)18-20(30-17-10-6-12-29-24(17)36)31-22(32-21(18)33-25(26)37)19-15-8-5-11-28-23(15)35(34-19)13-14-7-3-4-9-16(14)27/h3-5,7-9,11,17H,6,10,12-13H2,1-2H3,(H,29,36)(H2,30,31,32,33,37). The smallest absolute Gasteiger partial charge is 0.242 e. The summed E-state index contributed by atoms with van der Waals surface area (Å²) in [4.78, 5) is 39.2. The molecule has 1 atom stereocenters. The number of benzene rings is 1. The average Bonchev–Trinajstić information content (AvgIpc) is 3.36. The summed E-state index contributed by atoms with van der Waals surface area (Å²) in [5.74, 6) is 0.395. The van der Waals surface area contributed by atoms with Gasteiger partial charge in [-0.1, -0.05) is 18.2 Å². The van der Waals surface area contributed by atoms with E-state index in [1.54, 1.807) is 49.0 Å². The van der Waals surface area contributed by atoms with Gasteiger partial charge in [-0.2, -0.15) is 5.10 Å². The zero-order chi connectivity index (χ0) is 25.7. The highest BCUT2D eigenvalue weighted by Gasteiger charge is 2.43. The molecule has 4 aromatic rings. The van der Waals surface area contributed by atoms with Gasteiger partial charge in [-0.3, -0.25) is 9.59 Å². The van der Waals surface area contributed by atoms with Crippen LogP contribution in [0.4, 0.5) is 16.0 Å². The van der Waals surface area contributed by atoms with Crippen molar-refractivity contribution in [3.05, 3.63) is 59.5 Å². The van der Waals surface area contributed by atoms with Crippen LogP contribution in [0.3, 0.4) is 0 Å². The summed E-state index contributed by atoms with van der Waals surface area (Å²) in [7, 11) is 0. The van der Waals surface area contributed by atoms with Crippen LogP contribution in [0.5, 0.6) is 0 Å². The molecule has 2 amide bonds. The van der Waals surface area contributed by atoms with E-state index in [0.29, 0.717) is 52.5 Å². The van der Waals surface area contributed by atoms with Crippen molar-refractivity contribution >= 4 is 34.5 Å². The van der Waals surface area contributed by atoms with Crippen LogP contribution in [0.25, 0.3) is 22.6 Å². The molecule has 6 rings (SSSR count). The number of carbonyl (C=O) groups excluding carboxylic acids is 2. The molecule has 37 heavy (non-hydrogen) atoms. The monoisotopic (exact) mass is 500 g/mol. The minimum atomic E-state index is -0.894. The molecule has 1 aromatic carbocycles. The first-order valence-corrected chi connectivity index (χ1v) is 12.2. The molecule has 1 fully saturated rings. The van der Waals surface area contributed by atoms with E-state index < -0.39 is 11.5 Å². The van der Waals surface area contributed by atoms with Gasteiger partial charge in [0.2, 0.25) is 11.8 Å². The molecule has 0 spiro atoms. The largest absolute Gasteiger partial charge is 0.358 e. The lowest BCUT2D eigenvalue weighted by atomic mass is 9.87. The summed E-state index contributed by atoms with van der Waals surface area (Å²) in [5, 5.41) is 14.4. The first-order chi connectivity index (χ1) is 17.8. The molecule has 1 unspecified atom stereocenters. The van der Waals surface area contributed by atoms with Gasteiger partial charge in [0.1, 0.15) is 29.2 Å². The second-order valence-electron chi connectivity index (χ2n) is 9.80. The summed E-state index contributed by atoms with van der Waals surface area (Å²) in [6.07, 6.45) is 3.12. The van der Waals surface area contributed by atoms with Crippen LogP contribution in [-0.2, 0) is 21.5 Å². The number of pyridine rings is 1. The minimum absolute atomic E-state index is 0.112. The number of hydrogen-bond acceptors (Lipinski definition) is 7. The molecule has 10 nitrogen and oxygen atoms in total. The third-order valence-electron chi connectivity index (χ3n) is 6.93. The lowest BCUT2D eigenvalue weighted by molar-refractivity contribution is -0.123. The van der Waals surface area contributed by atoms with Crippen LogP contribution in [0, 0.1) is 5.82 Å². The Morgan fingerprint density at radius 2 is 2.00 bits per heavy atom. The Bertz CT molecular complexity index is 1560. The van der Waals surface area contributed by atoms with E-state index in [1.807, 2.05) is 6.07 Å². The fourth-order valence-electron chi connectivity index (χ4n) is 4.88. The first-order valence-electron chi connectivity index (χ1n) is 12.2. The number of piperidine rings is 1. The normalized spacial score (nSPS) is 18.4. The Kier molecular flexibility index (Phi) is 5.36. The maximum atomic E-state index is 14.4. The molecule has 188 valence electrons. The van der Waals surface area contributed by atoms with Gasteiger partial charge < -0.3 is 16.0 Å². The van der Waals surface area contributed by atoms with Crippen LogP contribution in [0.1, 0.15) is 37.8 Å². The SMILES string of the molecule is CC1(C)C(=O)Nc2nc(-c3nn(Cc4ccccc4F)c4ncccc34)nc(NC3CCCNC3=O)c21. The number of halogens is 1. The van der Waals surface area contributed by atoms with Crippen molar-refractivity contribution in [2.75, 3.05) is 17.2 Å². The van der Waals surface area contributed by atoms with E-state index in [9.17, 15) is 14.0 Å². The van der Waals surface area contributed by atoms with Crippen LogP contribution >= 0.6 is 0 Å². The van der Waals surface area contributed by atoms with Crippen LogP contribution in [0.15, 0.2) is 42.6 Å². The predicted octanol–water partition coefficient (Wildman–Crippen LogP) is 3.00. The van der Waals surface area contributed by atoms with Gasteiger partial charge >= 0.3 is 0 Å². The second-order valence-corrected chi connectivity index (χ2v) is 9.80.